The number of aliphatic imine (C=N–C) groups is 1. The van der Waals surface area contributed by atoms with Gasteiger partial charge in [0.2, 0.25) is 5.91 Å². The lowest BCUT2D eigenvalue weighted by Gasteiger charge is -2.13. The number of carbonyl (C=O) groups excluding carboxylic acids is 2. The number of rotatable bonds is 7. The topological polar surface area (TPSA) is 135 Å². The molecular formula is C24H18N6O5S. The molecule has 1 aliphatic heterocycles. The Morgan fingerprint density at radius 2 is 2.03 bits per heavy atom. The van der Waals surface area contributed by atoms with Gasteiger partial charge in [-0.15, -0.1) is 16.4 Å². The Kier molecular flexibility index (Phi) is 6.24. The summed E-state index contributed by atoms with van der Waals surface area (Å²) in [4.78, 5) is 35.5. The number of furan rings is 1. The maximum absolute atomic E-state index is 13.4. The van der Waals surface area contributed by atoms with Gasteiger partial charge in [0.15, 0.2) is 11.5 Å². The van der Waals surface area contributed by atoms with Crippen LogP contribution in [0.5, 0.6) is 0 Å². The Bertz CT molecular complexity index is 1500. The van der Waals surface area contributed by atoms with Gasteiger partial charge in [0.1, 0.15) is 18.6 Å². The zero-order chi connectivity index (χ0) is 25.1. The molecule has 0 spiro atoms. The predicted molar refractivity (Wildman–Crippen MR) is 133 cm³/mol. The number of amidine groups is 1. The second-order valence-corrected chi connectivity index (χ2v) is 8.29. The van der Waals surface area contributed by atoms with Crippen LogP contribution < -0.4 is 10.2 Å². The van der Waals surface area contributed by atoms with Crippen molar-refractivity contribution < 1.29 is 23.3 Å². The SMILES string of the molecule is CO/N=C(/c1csc(NC(C)=O)c1)c1nnc(N2C(=O)/C(=C\c3ccco3)N=C2c2ccccc2)o1. The van der Waals surface area contributed by atoms with E-state index in [2.05, 4.69) is 25.7 Å². The number of hydrogen-bond acceptors (Lipinski definition) is 10. The number of thiophene rings is 1. The van der Waals surface area contributed by atoms with E-state index < -0.39 is 5.91 Å². The highest BCUT2D eigenvalue weighted by atomic mass is 32.1. The molecular weight excluding hydrogens is 484 g/mol. The summed E-state index contributed by atoms with van der Waals surface area (Å²) in [6, 6.07) is 14.2. The fourth-order valence-corrected chi connectivity index (χ4v) is 4.22. The number of carbonyl (C=O) groups is 2. The first-order chi connectivity index (χ1) is 17.5. The molecule has 1 aromatic carbocycles. The van der Waals surface area contributed by atoms with Crippen LogP contribution in [0.4, 0.5) is 11.0 Å². The second-order valence-electron chi connectivity index (χ2n) is 7.38. The van der Waals surface area contributed by atoms with Crippen LogP contribution in [0, 0.1) is 0 Å². The summed E-state index contributed by atoms with van der Waals surface area (Å²) in [5, 5.41) is 17.3. The fraction of sp³-hybridized carbons (Fsp3) is 0.0833. The van der Waals surface area contributed by atoms with Gasteiger partial charge in [-0.2, -0.15) is 0 Å². The van der Waals surface area contributed by atoms with Crippen molar-refractivity contribution in [2.45, 2.75) is 6.92 Å². The molecule has 0 saturated heterocycles. The molecule has 11 nitrogen and oxygen atoms in total. The number of anilines is 2. The van der Waals surface area contributed by atoms with Crippen molar-refractivity contribution in [3.63, 3.8) is 0 Å². The summed E-state index contributed by atoms with van der Waals surface area (Å²) in [7, 11) is 1.38. The summed E-state index contributed by atoms with van der Waals surface area (Å²) >= 11 is 1.30. The van der Waals surface area contributed by atoms with Crippen LogP contribution in [-0.4, -0.2) is 40.7 Å². The van der Waals surface area contributed by atoms with Crippen molar-refractivity contribution in [3.8, 4) is 0 Å². The van der Waals surface area contributed by atoms with Gasteiger partial charge >= 0.3 is 6.01 Å². The Morgan fingerprint density at radius 3 is 2.75 bits per heavy atom. The smallest absolute Gasteiger partial charge is 0.331 e. The van der Waals surface area contributed by atoms with Crippen molar-refractivity contribution in [1.29, 1.82) is 0 Å². The summed E-state index contributed by atoms with van der Waals surface area (Å²) < 4.78 is 11.2. The van der Waals surface area contributed by atoms with Crippen molar-refractivity contribution in [2.24, 2.45) is 10.1 Å². The van der Waals surface area contributed by atoms with Crippen LogP contribution in [0.1, 0.15) is 29.7 Å². The minimum absolute atomic E-state index is 0.0164. The van der Waals surface area contributed by atoms with E-state index >= 15 is 0 Å². The van der Waals surface area contributed by atoms with Gasteiger partial charge in [-0.25, -0.2) is 9.89 Å². The van der Waals surface area contributed by atoms with Crippen molar-refractivity contribution >= 4 is 51.8 Å². The van der Waals surface area contributed by atoms with Crippen LogP contribution in [-0.2, 0) is 14.4 Å². The van der Waals surface area contributed by atoms with Crippen LogP contribution >= 0.6 is 11.3 Å². The van der Waals surface area contributed by atoms with Crippen molar-refractivity contribution in [3.05, 3.63) is 88.6 Å². The molecule has 1 N–H and O–H groups in total. The van der Waals surface area contributed by atoms with Gasteiger partial charge in [0.25, 0.3) is 11.8 Å². The van der Waals surface area contributed by atoms with Gasteiger partial charge in [0, 0.05) is 29.5 Å². The van der Waals surface area contributed by atoms with E-state index in [0.717, 1.165) is 0 Å². The fourth-order valence-electron chi connectivity index (χ4n) is 3.39. The third-order valence-corrected chi connectivity index (χ3v) is 5.72. The predicted octanol–water partition coefficient (Wildman–Crippen LogP) is 3.92. The molecule has 0 bridgehead atoms. The first kappa shape index (κ1) is 22.9. The molecule has 4 aromatic rings. The molecule has 4 heterocycles. The minimum atomic E-state index is -0.464. The number of nitrogens with one attached hydrogen (secondary N) is 1. The molecule has 0 fully saturated rings. The quantitative estimate of drug-likeness (QED) is 0.230. The lowest BCUT2D eigenvalue weighted by molar-refractivity contribution is -0.114. The summed E-state index contributed by atoms with van der Waals surface area (Å²) in [5.74, 6) is 0.149. The lowest BCUT2D eigenvalue weighted by Crippen LogP contribution is -2.33. The third-order valence-electron chi connectivity index (χ3n) is 4.88. The van der Waals surface area contributed by atoms with Crippen molar-refractivity contribution in [2.75, 3.05) is 17.3 Å². The molecule has 0 saturated carbocycles. The van der Waals surface area contributed by atoms with Gasteiger partial charge in [-0.05, 0) is 18.2 Å². The van der Waals surface area contributed by atoms with Crippen LogP contribution in [0.15, 0.2) is 84.9 Å². The minimum Gasteiger partial charge on any atom is -0.465 e. The van der Waals surface area contributed by atoms with E-state index in [0.29, 0.717) is 27.7 Å². The molecule has 180 valence electrons. The first-order valence-electron chi connectivity index (χ1n) is 10.6. The molecule has 2 amide bonds. The maximum Gasteiger partial charge on any atom is 0.331 e. The van der Waals surface area contributed by atoms with Gasteiger partial charge in [-0.3, -0.25) is 9.59 Å². The van der Waals surface area contributed by atoms with E-state index in [9.17, 15) is 9.59 Å². The lowest BCUT2D eigenvalue weighted by atomic mass is 10.2. The molecule has 12 heteroatoms. The Hall–Kier alpha value is -4.84. The standard InChI is InChI=1S/C24H18N6O5S/c1-14(31)25-19-11-16(13-36-19)20(29-33-2)22-27-28-24(35-22)30-21(15-7-4-3-5-8-15)26-18(23(30)32)12-17-9-6-10-34-17/h3-13H,1-2H3,(H,25,31)/b18-12+,29-20-. The average Bonchev–Trinajstić information content (AvgIpc) is 3.67. The van der Waals surface area contributed by atoms with Gasteiger partial charge in [-0.1, -0.05) is 40.6 Å². The van der Waals surface area contributed by atoms with E-state index in [1.54, 1.807) is 23.6 Å². The van der Waals surface area contributed by atoms with E-state index in [1.165, 1.54) is 42.6 Å². The Morgan fingerprint density at radius 1 is 1.19 bits per heavy atom. The normalized spacial score (nSPS) is 14.9. The molecule has 0 unspecified atom stereocenters. The average molecular weight is 503 g/mol. The van der Waals surface area contributed by atoms with Gasteiger partial charge in [0.05, 0.1) is 11.3 Å². The largest absolute Gasteiger partial charge is 0.465 e. The number of nitrogens with zero attached hydrogens (tertiary/aromatic N) is 5. The summed E-state index contributed by atoms with van der Waals surface area (Å²) in [6.07, 6.45) is 3.05. The van der Waals surface area contributed by atoms with E-state index in [4.69, 9.17) is 13.7 Å². The number of oxime groups is 1. The van der Waals surface area contributed by atoms with Gasteiger partial charge < -0.3 is 19.0 Å². The van der Waals surface area contributed by atoms with Crippen LogP contribution in [0.3, 0.4) is 0 Å². The number of amides is 2. The molecule has 5 rings (SSSR count). The zero-order valence-corrected chi connectivity index (χ0v) is 19.9. The van der Waals surface area contributed by atoms with Crippen LogP contribution in [0.2, 0.25) is 0 Å². The summed E-state index contributed by atoms with van der Waals surface area (Å²) in [5.41, 5.74) is 1.65. The highest BCUT2D eigenvalue weighted by molar-refractivity contribution is 7.14. The van der Waals surface area contributed by atoms with Crippen molar-refractivity contribution in [1.82, 2.24) is 10.2 Å². The molecule has 0 radical (unpaired) electrons. The third kappa shape index (κ3) is 4.57. The molecule has 0 aliphatic carbocycles. The number of aromatic nitrogens is 2. The monoisotopic (exact) mass is 502 g/mol. The first-order valence-corrected chi connectivity index (χ1v) is 11.5. The zero-order valence-electron chi connectivity index (χ0n) is 19.0. The maximum atomic E-state index is 13.4. The highest BCUT2D eigenvalue weighted by Gasteiger charge is 2.36. The number of benzene rings is 1. The molecule has 36 heavy (non-hydrogen) atoms. The Balaban J connectivity index is 1.52. The molecule has 1 aliphatic rings. The van der Waals surface area contributed by atoms with Crippen LogP contribution in [0.25, 0.3) is 6.08 Å². The molecule has 3 aromatic heterocycles. The highest BCUT2D eigenvalue weighted by Crippen LogP contribution is 2.29. The number of hydrogen-bond donors (Lipinski definition) is 1. The second kappa shape index (κ2) is 9.80. The van der Waals surface area contributed by atoms with E-state index in [-0.39, 0.29) is 29.2 Å². The molecule has 0 atom stereocenters. The Labute approximate surface area is 208 Å². The van der Waals surface area contributed by atoms with E-state index in [1.807, 2.05) is 30.3 Å². The summed E-state index contributed by atoms with van der Waals surface area (Å²) in [6.45, 7) is 1.42.